The van der Waals surface area contributed by atoms with Gasteiger partial charge in [0.15, 0.2) is 6.26 Å². The van der Waals surface area contributed by atoms with Crippen molar-refractivity contribution in [3.8, 4) is 0 Å². The third-order valence-electron chi connectivity index (χ3n) is 2.15. The summed E-state index contributed by atoms with van der Waals surface area (Å²) in [5.74, 6) is 0. The molecule has 17 heavy (non-hydrogen) atoms. The summed E-state index contributed by atoms with van der Waals surface area (Å²) in [6.07, 6.45) is 6.29. The first-order valence-corrected chi connectivity index (χ1v) is 6.91. The molecular formula is C13H18O3P+. The Balaban J connectivity index is 2.17. The molecule has 1 aromatic rings. The highest BCUT2D eigenvalue weighted by atomic mass is 31.1. The first kappa shape index (κ1) is 13.9. The van der Waals surface area contributed by atoms with E-state index in [0.717, 1.165) is 24.8 Å². The Morgan fingerprint density at radius 2 is 2.00 bits per heavy atom. The molecule has 0 aliphatic carbocycles. The van der Waals surface area contributed by atoms with Gasteiger partial charge in [0.2, 0.25) is 0 Å². The van der Waals surface area contributed by atoms with Crippen LogP contribution in [0.1, 0.15) is 31.7 Å². The van der Waals surface area contributed by atoms with Crippen LogP contribution in [0.4, 0.5) is 0 Å². The average molecular weight is 253 g/mol. The zero-order valence-electron chi connectivity index (χ0n) is 10.0. The molecule has 92 valence electrons. The lowest BCUT2D eigenvalue weighted by Crippen LogP contribution is -1.86. The Kier molecular flexibility index (Phi) is 7.28. The van der Waals surface area contributed by atoms with Crippen LogP contribution in [-0.2, 0) is 13.6 Å². The van der Waals surface area contributed by atoms with E-state index in [0.29, 0.717) is 6.61 Å². The third-order valence-corrected chi connectivity index (χ3v) is 2.84. The molecule has 1 aromatic carbocycles. The fourth-order valence-corrected chi connectivity index (χ4v) is 1.74. The van der Waals surface area contributed by atoms with Crippen molar-refractivity contribution in [3.05, 3.63) is 42.2 Å². The van der Waals surface area contributed by atoms with Gasteiger partial charge >= 0.3 is 8.25 Å². The quantitative estimate of drug-likeness (QED) is 0.387. The largest absolute Gasteiger partial charge is 0.749 e. The van der Waals surface area contributed by atoms with Gasteiger partial charge in [0.25, 0.3) is 0 Å². The molecule has 4 heteroatoms. The zero-order valence-corrected chi connectivity index (χ0v) is 10.9. The summed E-state index contributed by atoms with van der Waals surface area (Å²) in [7, 11) is -2.03. The minimum Gasteiger partial charge on any atom is -0.237 e. The van der Waals surface area contributed by atoms with E-state index in [1.54, 1.807) is 6.08 Å². The van der Waals surface area contributed by atoms with E-state index in [2.05, 4.69) is 6.92 Å². The van der Waals surface area contributed by atoms with Crippen LogP contribution in [0.25, 0.3) is 6.08 Å². The lowest BCUT2D eigenvalue weighted by Gasteiger charge is -1.91. The lowest BCUT2D eigenvalue weighted by molar-refractivity contribution is 0.266. The van der Waals surface area contributed by atoms with Gasteiger partial charge in [0.1, 0.15) is 6.61 Å². The van der Waals surface area contributed by atoms with Gasteiger partial charge in [-0.25, -0.2) is 4.52 Å². The Morgan fingerprint density at radius 3 is 2.71 bits per heavy atom. The predicted octanol–water partition coefficient (Wildman–Crippen LogP) is 4.54. The average Bonchev–Trinajstić information content (AvgIpc) is 2.36. The van der Waals surface area contributed by atoms with Crippen LogP contribution in [0.3, 0.4) is 0 Å². The van der Waals surface area contributed by atoms with E-state index in [9.17, 15) is 4.57 Å². The minimum absolute atomic E-state index is 0.488. The molecule has 1 unspecified atom stereocenters. The van der Waals surface area contributed by atoms with Gasteiger partial charge in [0, 0.05) is 4.57 Å². The summed E-state index contributed by atoms with van der Waals surface area (Å²) in [6, 6.07) is 9.68. The van der Waals surface area contributed by atoms with Crippen LogP contribution < -0.4 is 0 Å². The third kappa shape index (κ3) is 6.88. The molecule has 0 N–H and O–H groups in total. The topological polar surface area (TPSA) is 35.5 Å². The van der Waals surface area contributed by atoms with Crippen LogP contribution in [0.15, 0.2) is 36.6 Å². The van der Waals surface area contributed by atoms with Crippen molar-refractivity contribution in [1.82, 2.24) is 0 Å². The first-order chi connectivity index (χ1) is 8.33. The minimum atomic E-state index is -2.03. The highest BCUT2D eigenvalue weighted by Crippen LogP contribution is 2.24. The van der Waals surface area contributed by atoms with Crippen LogP contribution in [-0.4, -0.2) is 6.61 Å². The molecule has 0 amide bonds. The van der Waals surface area contributed by atoms with Crippen molar-refractivity contribution < 1.29 is 13.6 Å². The SMILES string of the molecule is CCCCCO[P+](=O)OC=Cc1ccccc1. The first-order valence-electron chi connectivity index (χ1n) is 5.81. The Morgan fingerprint density at radius 1 is 1.24 bits per heavy atom. The lowest BCUT2D eigenvalue weighted by atomic mass is 10.2. The Bertz CT molecular complexity index is 349. The highest BCUT2D eigenvalue weighted by molar-refractivity contribution is 7.33. The molecule has 0 heterocycles. The molecule has 1 rings (SSSR count). The Hall–Kier alpha value is -1.18. The summed E-state index contributed by atoms with van der Waals surface area (Å²) in [5, 5.41) is 0. The second-order valence-corrected chi connectivity index (χ2v) is 4.50. The number of benzene rings is 1. The molecule has 0 spiro atoms. The molecule has 0 saturated heterocycles. The molecule has 0 aromatic heterocycles. The number of unbranched alkanes of at least 4 members (excludes halogenated alkanes) is 2. The van der Waals surface area contributed by atoms with Crippen molar-refractivity contribution in [2.24, 2.45) is 0 Å². The second-order valence-electron chi connectivity index (χ2n) is 3.58. The van der Waals surface area contributed by atoms with E-state index in [-0.39, 0.29) is 0 Å². The van der Waals surface area contributed by atoms with E-state index in [1.807, 2.05) is 30.3 Å². The molecule has 1 atom stereocenters. The summed E-state index contributed by atoms with van der Waals surface area (Å²) in [4.78, 5) is 0. The molecule has 0 fully saturated rings. The van der Waals surface area contributed by atoms with E-state index in [4.69, 9.17) is 9.05 Å². The normalized spacial score (nSPS) is 11.7. The zero-order chi connectivity index (χ0) is 12.3. The predicted molar refractivity (Wildman–Crippen MR) is 69.6 cm³/mol. The van der Waals surface area contributed by atoms with Crippen molar-refractivity contribution in [2.75, 3.05) is 6.61 Å². The van der Waals surface area contributed by atoms with Gasteiger partial charge in [-0.2, -0.15) is 0 Å². The number of hydrogen-bond acceptors (Lipinski definition) is 3. The summed E-state index contributed by atoms with van der Waals surface area (Å²) >= 11 is 0. The standard InChI is InChI=1S/C13H18O3P/c1-2-3-7-11-15-17(14)16-12-10-13-8-5-4-6-9-13/h4-6,8-10,12H,2-3,7,11H2,1H3/q+1. The van der Waals surface area contributed by atoms with E-state index < -0.39 is 8.25 Å². The number of hydrogen-bond donors (Lipinski definition) is 0. The maximum atomic E-state index is 11.2. The van der Waals surface area contributed by atoms with Crippen molar-refractivity contribution in [3.63, 3.8) is 0 Å². The van der Waals surface area contributed by atoms with Crippen LogP contribution in [0.5, 0.6) is 0 Å². The van der Waals surface area contributed by atoms with Gasteiger partial charge in [-0.1, -0.05) is 50.1 Å². The van der Waals surface area contributed by atoms with Crippen LogP contribution in [0.2, 0.25) is 0 Å². The molecule has 0 saturated carbocycles. The van der Waals surface area contributed by atoms with Gasteiger partial charge in [0.05, 0.1) is 0 Å². The monoisotopic (exact) mass is 253 g/mol. The van der Waals surface area contributed by atoms with Gasteiger partial charge in [-0.3, -0.25) is 0 Å². The molecule has 0 bridgehead atoms. The van der Waals surface area contributed by atoms with Crippen molar-refractivity contribution in [2.45, 2.75) is 26.2 Å². The highest BCUT2D eigenvalue weighted by Gasteiger charge is 2.17. The maximum Gasteiger partial charge on any atom is 0.749 e. The fraction of sp³-hybridized carbons (Fsp3) is 0.385. The second kappa shape index (κ2) is 8.91. The van der Waals surface area contributed by atoms with Gasteiger partial charge < -0.3 is 0 Å². The molecule has 3 nitrogen and oxygen atoms in total. The molecule has 0 aliphatic rings. The van der Waals surface area contributed by atoms with E-state index >= 15 is 0 Å². The molecule has 0 aliphatic heterocycles. The fourth-order valence-electron chi connectivity index (χ4n) is 1.24. The van der Waals surface area contributed by atoms with Crippen LogP contribution >= 0.6 is 8.25 Å². The van der Waals surface area contributed by atoms with Crippen molar-refractivity contribution in [1.29, 1.82) is 0 Å². The summed E-state index contributed by atoms with van der Waals surface area (Å²) < 4.78 is 21.2. The maximum absolute atomic E-state index is 11.2. The Labute approximate surface area is 103 Å². The summed E-state index contributed by atoms with van der Waals surface area (Å²) in [5.41, 5.74) is 1.00. The molecule has 0 radical (unpaired) electrons. The van der Waals surface area contributed by atoms with Gasteiger partial charge in [-0.05, 0) is 18.1 Å². The smallest absolute Gasteiger partial charge is 0.237 e. The molecular weight excluding hydrogens is 235 g/mol. The van der Waals surface area contributed by atoms with E-state index in [1.165, 1.54) is 6.26 Å². The van der Waals surface area contributed by atoms with Gasteiger partial charge in [-0.15, -0.1) is 4.52 Å². The summed E-state index contributed by atoms with van der Waals surface area (Å²) in [6.45, 7) is 2.60. The number of rotatable bonds is 8. The van der Waals surface area contributed by atoms with Crippen LogP contribution in [0, 0.1) is 0 Å². The van der Waals surface area contributed by atoms with Crippen molar-refractivity contribution >= 4 is 14.3 Å².